The van der Waals surface area contributed by atoms with E-state index < -0.39 is 0 Å². The van der Waals surface area contributed by atoms with Gasteiger partial charge in [-0.2, -0.15) is 0 Å². The first-order valence-electron chi connectivity index (χ1n) is 7.45. The quantitative estimate of drug-likeness (QED) is 0.893. The van der Waals surface area contributed by atoms with Gasteiger partial charge < -0.3 is 14.8 Å². The average molecular weight is 278 g/mol. The number of aromatic amines is 1. The van der Waals surface area contributed by atoms with Crippen molar-refractivity contribution in [1.82, 2.24) is 19.8 Å². The molecular weight excluding hydrogens is 252 g/mol. The summed E-state index contributed by atoms with van der Waals surface area (Å²) in [5, 5.41) is 0. The first kappa shape index (κ1) is 15.0. The number of aromatic nitrogens is 2. The number of amides is 1. The number of carbonyl (C=O) groups is 1. The molecular formula is C15H26N4O. The first-order chi connectivity index (χ1) is 9.45. The van der Waals surface area contributed by atoms with Gasteiger partial charge in [0.2, 0.25) is 0 Å². The number of nitrogens with zero attached hydrogens (tertiary/aromatic N) is 3. The number of hydrogen-bond donors (Lipinski definition) is 1. The van der Waals surface area contributed by atoms with E-state index in [0.717, 1.165) is 31.9 Å². The molecule has 1 aliphatic heterocycles. The topological polar surface area (TPSA) is 52.2 Å². The fourth-order valence-corrected chi connectivity index (χ4v) is 2.92. The second kappa shape index (κ2) is 6.39. The minimum atomic E-state index is -0.0135. The fraction of sp³-hybridized carbons (Fsp3) is 0.733. The Balaban J connectivity index is 1.83. The number of hydrogen-bond acceptors (Lipinski definition) is 3. The van der Waals surface area contributed by atoms with Gasteiger partial charge in [0.25, 0.3) is 5.91 Å². The smallest absolute Gasteiger partial charge is 0.289 e. The second-order valence-corrected chi connectivity index (χ2v) is 6.41. The van der Waals surface area contributed by atoms with E-state index in [1.165, 1.54) is 6.42 Å². The largest absolute Gasteiger partial charge is 0.339 e. The van der Waals surface area contributed by atoms with Crippen LogP contribution >= 0.6 is 0 Å². The van der Waals surface area contributed by atoms with E-state index in [0.29, 0.717) is 17.7 Å². The highest BCUT2D eigenvalue weighted by molar-refractivity contribution is 5.90. The Morgan fingerprint density at radius 1 is 1.60 bits per heavy atom. The Morgan fingerprint density at radius 2 is 2.35 bits per heavy atom. The molecule has 2 rings (SSSR count). The van der Waals surface area contributed by atoms with Gasteiger partial charge in [0, 0.05) is 38.6 Å². The van der Waals surface area contributed by atoms with Crippen LogP contribution in [0.4, 0.5) is 0 Å². The van der Waals surface area contributed by atoms with Crippen molar-refractivity contribution in [2.45, 2.75) is 27.2 Å². The van der Waals surface area contributed by atoms with Crippen molar-refractivity contribution >= 4 is 5.91 Å². The highest BCUT2D eigenvalue weighted by Gasteiger charge is 2.26. The van der Waals surface area contributed by atoms with Crippen LogP contribution in [0.2, 0.25) is 0 Å². The molecule has 0 aliphatic carbocycles. The number of aryl methyl sites for hydroxylation is 1. The van der Waals surface area contributed by atoms with E-state index >= 15 is 0 Å². The van der Waals surface area contributed by atoms with E-state index in [1.54, 1.807) is 11.1 Å². The number of imidazole rings is 1. The lowest BCUT2D eigenvalue weighted by Crippen LogP contribution is -2.34. The minimum Gasteiger partial charge on any atom is -0.339 e. The van der Waals surface area contributed by atoms with Gasteiger partial charge in [-0.1, -0.05) is 13.8 Å². The van der Waals surface area contributed by atoms with Gasteiger partial charge in [0.15, 0.2) is 5.82 Å². The van der Waals surface area contributed by atoms with E-state index in [-0.39, 0.29) is 5.91 Å². The van der Waals surface area contributed by atoms with Gasteiger partial charge in [0.05, 0.1) is 0 Å². The Labute approximate surface area is 121 Å². The summed E-state index contributed by atoms with van der Waals surface area (Å²) in [7, 11) is 1.87. The van der Waals surface area contributed by atoms with Crippen molar-refractivity contribution in [3.63, 3.8) is 0 Å². The molecule has 0 unspecified atom stereocenters. The van der Waals surface area contributed by atoms with Crippen LogP contribution in [0.25, 0.3) is 0 Å². The Hall–Kier alpha value is -1.36. The normalized spacial score (nSPS) is 19.8. The highest BCUT2D eigenvalue weighted by Crippen LogP contribution is 2.18. The van der Waals surface area contributed by atoms with Crippen LogP contribution in [0.15, 0.2) is 6.20 Å². The molecule has 5 nitrogen and oxygen atoms in total. The van der Waals surface area contributed by atoms with Crippen molar-refractivity contribution < 1.29 is 4.79 Å². The van der Waals surface area contributed by atoms with Crippen LogP contribution < -0.4 is 0 Å². The molecule has 1 aliphatic rings. The fourth-order valence-electron chi connectivity index (χ4n) is 2.92. The van der Waals surface area contributed by atoms with Crippen LogP contribution in [0, 0.1) is 18.8 Å². The van der Waals surface area contributed by atoms with Gasteiger partial charge in [-0.15, -0.1) is 0 Å². The number of rotatable bonds is 5. The molecule has 0 spiro atoms. The second-order valence-electron chi connectivity index (χ2n) is 6.41. The van der Waals surface area contributed by atoms with Crippen molar-refractivity contribution in [3.05, 3.63) is 17.7 Å². The summed E-state index contributed by atoms with van der Waals surface area (Å²) in [5.74, 6) is 1.72. The zero-order valence-corrected chi connectivity index (χ0v) is 13.0. The van der Waals surface area contributed by atoms with Gasteiger partial charge in [0.1, 0.15) is 0 Å². The van der Waals surface area contributed by atoms with Crippen molar-refractivity contribution in [2.75, 3.05) is 33.2 Å². The molecule has 20 heavy (non-hydrogen) atoms. The summed E-state index contributed by atoms with van der Waals surface area (Å²) >= 11 is 0. The van der Waals surface area contributed by atoms with E-state index in [2.05, 4.69) is 28.7 Å². The minimum absolute atomic E-state index is 0.0135. The Kier molecular flexibility index (Phi) is 4.81. The third kappa shape index (κ3) is 3.82. The number of likely N-dealkylation sites (tertiary alicyclic amines) is 1. The third-order valence-electron chi connectivity index (χ3n) is 3.78. The van der Waals surface area contributed by atoms with E-state index in [4.69, 9.17) is 0 Å². The molecule has 0 saturated carbocycles. The molecule has 0 aromatic carbocycles. The lowest BCUT2D eigenvalue weighted by molar-refractivity contribution is 0.0762. The monoisotopic (exact) mass is 278 g/mol. The summed E-state index contributed by atoms with van der Waals surface area (Å²) in [6.45, 7) is 10.6. The van der Waals surface area contributed by atoms with Crippen molar-refractivity contribution in [3.8, 4) is 0 Å². The summed E-state index contributed by atoms with van der Waals surface area (Å²) in [5.41, 5.74) is 0.922. The Bertz CT molecular complexity index is 454. The number of carbonyl (C=O) groups excluding carboxylic acids is 1. The van der Waals surface area contributed by atoms with E-state index in [1.807, 2.05) is 14.0 Å². The van der Waals surface area contributed by atoms with Gasteiger partial charge in [-0.25, -0.2) is 4.98 Å². The lowest BCUT2D eigenvalue weighted by Gasteiger charge is -2.21. The molecule has 1 atom stereocenters. The van der Waals surface area contributed by atoms with Crippen LogP contribution in [-0.2, 0) is 0 Å². The molecule has 1 fully saturated rings. The first-order valence-corrected chi connectivity index (χ1v) is 7.45. The van der Waals surface area contributed by atoms with Crippen LogP contribution in [0.1, 0.15) is 36.6 Å². The molecule has 1 amide bonds. The summed E-state index contributed by atoms with van der Waals surface area (Å²) in [6, 6.07) is 0. The molecule has 2 heterocycles. The maximum absolute atomic E-state index is 12.2. The van der Waals surface area contributed by atoms with E-state index in [9.17, 15) is 4.79 Å². The molecule has 1 saturated heterocycles. The zero-order valence-electron chi connectivity index (χ0n) is 13.0. The molecule has 112 valence electrons. The predicted octanol–water partition coefficient (Wildman–Crippen LogP) is 1.77. The van der Waals surface area contributed by atoms with Crippen LogP contribution in [0.5, 0.6) is 0 Å². The SMILES string of the molecule is Cc1cnc(C(=O)N(C)C[C@H]2CCN(CC(C)C)C2)[nH]1. The predicted molar refractivity (Wildman–Crippen MR) is 79.7 cm³/mol. The Morgan fingerprint density at radius 3 is 2.95 bits per heavy atom. The average Bonchev–Trinajstić information content (AvgIpc) is 2.97. The van der Waals surface area contributed by atoms with Gasteiger partial charge in [-0.05, 0) is 31.7 Å². The molecule has 1 N–H and O–H groups in total. The summed E-state index contributed by atoms with van der Waals surface area (Å²) in [6.07, 6.45) is 2.88. The highest BCUT2D eigenvalue weighted by atomic mass is 16.2. The number of H-pyrrole nitrogens is 1. The molecule has 1 aromatic rings. The maximum Gasteiger partial charge on any atom is 0.289 e. The zero-order chi connectivity index (χ0) is 14.7. The molecule has 0 radical (unpaired) electrons. The number of nitrogens with one attached hydrogen (secondary N) is 1. The van der Waals surface area contributed by atoms with Crippen LogP contribution in [0.3, 0.4) is 0 Å². The molecule has 5 heteroatoms. The van der Waals surface area contributed by atoms with Crippen molar-refractivity contribution in [2.24, 2.45) is 11.8 Å². The van der Waals surface area contributed by atoms with Crippen molar-refractivity contribution in [1.29, 1.82) is 0 Å². The standard InChI is InChI=1S/C15H26N4O/c1-11(2)8-19-6-5-13(10-19)9-18(4)15(20)14-16-7-12(3)17-14/h7,11,13H,5-6,8-10H2,1-4H3,(H,16,17)/t13-/m1/s1. The summed E-state index contributed by atoms with van der Waals surface area (Å²) < 4.78 is 0. The summed E-state index contributed by atoms with van der Waals surface area (Å²) in [4.78, 5) is 23.6. The lowest BCUT2D eigenvalue weighted by atomic mass is 10.1. The maximum atomic E-state index is 12.2. The van der Waals surface area contributed by atoms with Gasteiger partial charge >= 0.3 is 0 Å². The molecule has 0 bridgehead atoms. The van der Waals surface area contributed by atoms with Crippen LogP contribution in [-0.4, -0.2) is 58.9 Å². The molecule has 1 aromatic heterocycles. The van der Waals surface area contributed by atoms with Gasteiger partial charge in [-0.3, -0.25) is 4.79 Å². The third-order valence-corrected chi connectivity index (χ3v) is 3.78.